The Bertz CT molecular complexity index is 93.5. The molecule has 3 unspecified atom stereocenters. The molecule has 0 amide bonds. The average Bonchev–Trinajstić information content (AvgIpc) is 2.29. The summed E-state index contributed by atoms with van der Waals surface area (Å²) in [5.41, 5.74) is 0. The molecule has 0 bridgehead atoms. The van der Waals surface area contributed by atoms with Gasteiger partial charge in [0.25, 0.3) is 0 Å². The van der Waals surface area contributed by atoms with Gasteiger partial charge in [0.15, 0.2) is 0 Å². The van der Waals surface area contributed by atoms with E-state index in [0.717, 1.165) is 45.2 Å². The molecular formula is C17H55O2P3Y3. The van der Waals surface area contributed by atoms with Crippen molar-refractivity contribution < 1.29 is 108 Å². The summed E-state index contributed by atoms with van der Waals surface area (Å²) in [4.78, 5) is 0. The molecular weight excluding hydrogens is 596 g/mol. The maximum Gasteiger partial charge on any atom is 0.0500 e. The summed E-state index contributed by atoms with van der Waals surface area (Å²) in [7, 11) is 7.81. The summed E-state index contributed by atoms with van der Waals surface area (Å²) in [6.45, 7) is 9.72. The minimum atomic E-state index is 0. The number of rotatable bonds is 7. The Morgan fingerprint density at radius 2 is 0.840 bits per heavy atom. The third kappa shape index (κ3) is 151. The van der Waals surface area contributed by atoms with Gasteiger partial charge in [-0.25, -0.2) is 0 Å². The van der Waals surface area contributed by atoms with Crippen LogP contribution in [0.5, 0.6) is 0 Å². The zero-order valence-corrected chi connectivity index (χ0v) is 24.9. The number of hydrogen-bond acceptors (Lipinski definition) is 2. The molecule has 0 spiro atoms. The van der Waals surface area contributed by atoms with Gasteiger partial charge in [-0.15, -0.1) is 27.7 Å². The van der Waals surface area contributed by atoms with Gasteiger partial charge in [-0.2, -0.15) is 0 Å². The molecule has 8 heteroatoms. The summed E-state index contributed by atoms with van der Waals surface area (Å²) in [5.74, 6) is 0. The van der Waals surface area contributed by atoms with Crippen molar-refractivity contribution in [2.45, 2.75) is 71.8 Å². The second-order valence-corrected chi connectivity index (χ2v) is 4.77. The quantitative estimate of drug-likeness (QED) is 0.221. The maximum atomic E-state index is 5.11. The van der Waals surface area contributed by atoms with Gasteiger partial charge in [0.05, 0.1) is 6.61 Å². The molecule has 0 aromatic carbocycles. The SMILES string of the molecule is C.C.C.C.C.C.CCCOCCP.CCOCCP.CCP.[Y].[Y].[Y]. The van der Waals surface area contributed by atoms with E-state index in [2.05, 4.69) is 41.6 Å². The Morgan fingerprint density at radius 1 is 0.560 bits per heavy atom. The van der Waals surface area contributed by atoms with Crippen LogP contribution in [0.4, 0.5) is 0 Å². The van der Waals surface area contributed by atoms with Crippen molar-refractivity contribution in [3.05, 3.63) is 0 Å². The molecule has 0 aliphatic heterocycles. The third-order valence-electron chi connectivity index (χ3n) is 1.08. The molecule has 0 N–H and O–H groups in total. The van der Waals surface area contributed by atoms with Crippen LogP contribution in [0.3, 0.4) is 0 Å². The predicted molar refractivity (Wildman–Crippen MR) is 127 cm³/mol. The van der Waals surface area contributed by atoms with Crippen LogP contribution in [-0.2, 0) is 108 Å². The van der Waals surface area contributed by atoms with E-state index in [1.165, 1.54) is 6.16 Å². The maximum absolute atomic E-state index is 5.11. The molecule has 0 saturated carbocycles. The van der Waals surface area contributed by atoms with Crippen LogP contribution < -0.4 is 0 Å². The second kappa shape index (κ2) is 102. The normalized spacial score (nSPS) is 5.52. The van der Waals surface area contributed by atoms with Crippen LogP contribution in [-0.4, -0.2) is 44.9 Å². The standard InChI is InChI=1S/C5H13OP.C4H11OP.C2H7P.6CH4.3Y/c1-2-3-6-4-5-7;1-2-5-3-4-6;1-2-3;;;;;;;;;/h2-5,7H2,1H3;2-4,6H2,1H3;2-3H2,1H3;6*1H4;;;. The zero-order valence-electron chi connectivity index (χ0n) is 12.9. The van der Waals surface area contributed by atoms with Crippen molar-refractivity contribution in [1.29, 1.82) is 0 Å². The molecule has 0 rings (SSSR count). The van der Waals surface area contributed by atoms with Crippen molar-refractivity contribution in [2.75, 3.05) is 44.9 Å². The first kappa shape index (κ1) is 78.2. The van der Waals surface area contributed by atoms with Gasteiger partial charge in [-0.1, -0.05) is 58.4 Å². The molecule has 25 heavy (non-hydrogen) atoms. The monoisotopic (exact) mass is 651 g/mol. The Morgan fingerprint density at radius 3 is 1.00 bits per heavy atom. The fraction of sp³-hybridized carbons (Fsp3) is 1.00. The fourth-order valence-electron chi connectivity index (χ4n) is 0.557. The van der Waals surface area contributed by atoms with E-state index >= 15 is 0 Å². The summed E-state index contributed by atoms with van der Waals surface area (Å²) in [6.07, 6.45) is 4.40. The second-order valence-electron chi connectivity index (χ2n) is 2.79. The fourth-order valence-corrected chi connectivity index (χ4v) is 0.891. The molecule has 2 nitrogen and oxygen atoms in total. The van der Waals surface area contributed by atoms with E-state index in [1.807, 2.05) is 6.92 Å². The van der Waals surface area contributed by atoms with Crippen molar-refractivity contribution >= 4 is 27.7 Å². The van der Waals surface area contributed by atoms with Gasteiger partial charge in [0.1, 0.15) is 0 Å². The largest absolute Gasteiger partial charge is 0.381 e. The van der Waals surface area contributed by atoms with E-state index in [4.69, 9.17) is 9.47 Å². The number of ether oxygens (including phenoxy) is 2. The van der Waals surface area contributed by atoms with Crippen LogP contribution in [0.25, 0.3) is 0 Å². The van der Waals surface area contributed by atoms with Crippen molar-refractivity contribution in [3.63, 3.8) is 0 Å². The van der Waals surface area contributed by atoms with E-state index in [0.29, 0.717) is 0 Å². The van der Waals surface area contributed by atoms with Gasteiger partial charge in [-0.3, -0.25) is 0 Å². The first-order valence-corrected chi connectivity index (χ1v) is 8.45. The van der Waals surface area contributed by atoms with Gasteiger partial charge >= 0.3 is 0 Å². The minimum absolute atomic E-state index is 0. The van der Waals surface area contributed by atoms with Crippen molar-refractivity contribution in [2.24, 2.45) is 0 Å². The molecule has 3 atom stereocenters. The Kier molecular flexibility index (Phi) is 321. The summed E-state index contributed by atoms with van der Waals surface area (Å²) >= 11 is 0. The summed E-state index contributed by atoms with van der Waals surface area (Å²) in [5, 5.41) is 0. The molecule has 159 valence electrons. The molecule has 0 saturated heterocycles. The van der Waals surface area contributed by atoms with Crippen LogP contribution in [0.2, 0.25) is 0 Å². The van der Waals surface area contributed by atoms with E-state index < -0.39 is 0 Å². The van der Waals surface area contributed by atoms with Crippen LogP contribution >= 0.6 is 27.7 Å². The van der Waals surface area contributed by atoms with Crippen molar-refractivity contribution in [3.8, 4) is 0 Å². The van der Waals surface area contributed by atoms with Gasteiger partial charge in [-0.05, 0) is 31.8 Å². The van der Waals surface area contributed by atoms with Gasteiger partial charge in [0.2, 0.25) is 0 Å². The minimum Gasteiger partial charge on any atom is -0.381 e. The average molecular weight is 651 g/mol. The number of hydrogen-bond donors (Lipinski definition) is 0. The summed E-state index contributed by atoms with van der Waals surface area (Å²) < 4.78 is 10.1. The van der Waals surface area contributed by atoms with Crippen molar-refractivity contribution in [1.82, 2.24) is 0 Å². The zero-order chi connectivity index (χ0) is 13.1. The van der Waals surface area contributed by atoms with E-state index in [-0.39, 0.29) is 143 Å². The van der Waals surface area contributed by atoms with E-state index in [1.54, 1.807) is 0 Å². The smallest absolute Gasteiger partial charge is 0.0500 e. The van der Waals surface area contributed by atoms with E-state index in [9.17, 15) is 0 Å². The van der Waals surface area contributed by atoms with Crippen LogP contribution in [0, 0.1) is 0 Å². The Hall–Kier alpha value is 4.52. The first-order chi connectivity index (χ1) is 7.74. The molecule has 0 aromatic heterocycles. The Balaban J connectivity index is -0.00000000894. The van der Waals surface area contributed by atoms with Crippen LogP contribution in [0.15, 0.2) is 0 Å². The molecule has 0 aliphatic carbocycles. The first-order valence-electron chi connectivity index (χ1n) is 6.00. The molecule has 0 aliphatic rings. The van der Waals surface area contributed by atoms with Gasteiger partial charge < -0.3 is 9.47 Å². The molecule has 0 aromatic rings. The van der Waals surface area contributed by atoms with Gasteiger partial charge in [0, 0.05) is 118 Å². The van der Waals surface area contributed by atoms with Crippen LogP contribution in [0.1, 0.15) is 71.8 Å². The predicted octanol–water partition coefficient (Wildman–Crippen LogP) is 6.88. The molecule has 3 radical (unpaired) electrons. The topological polar surface area (TPSA) is 18.5 Å². The molecule has 0 fully saturated rings. The Labute approximate surface area is 248 Å². The summed E-state index contributed by atoms with van der Waals surface area (Å²) in [6, 6.07) is 0. The third-order valence-corrected chi connectivity index (χ3v) is 1.55. The molecule has 0 heterocycles.